The van der Waals surface area contributed by atoms with Crippen LogP contribution in [0.5, 0.6) is 0 Å². The summed E-state index contributed by atoms with van der Waals surface area (Å²) in [6, 6.07) is 4.49. The molecule has 0 spiro atoms. The standard InChI is InChI=1S/C10H8BrNO2/c11-5-1-2-7-3-4-8(10(13)14)6-9(7)12/h3-4,6H,5,12H2,(H,13,14). The number of hydrogen-bond donors (Lipinski definition) is 2. The Balaban J connectivity index is 3.07. The fourth-order valence-corrected chi connectivity index (χ4v) is 1.08. The number of anilines is 1. The molecule has 3 N–H and O–H groups in total. The van der Waals surface area contributed by atoms with E-state index < -0.39 is 5.97 Å². The Morgan fingerprint density at radius 3 is 2.79 bits per heavy atom. The first-order chi connectivity index (χ1) is 6.65. The van der Waals surface area contributed by atoms with Crippen molar-refractivity contribution in [3.63, 3.8) is 0 Å². The van der Waals surface area contributed by atoms with Crippen LogP contribution < -0.4 is 5.73 Å². The average Bonchev–Trinajstić information content (AvgIpc) is 2.15. The largest absolute Gasteiger partial charge is 0.478 e. The Hall–Kier alpha value is -1.47. The first-order valence-electron chi connectivity index (χ1n) is 3.83. The van der Waals surface area contributed by atoms with E-state index in [0.717, 1.165) is 0 Å². The third-order valence-electron chi connectivity index (χ3n) is 1.59. The maximum absolute atomic E-state index is 10.6. The van der Waals surface area contributed by atoms with Crippen molar-refractivity contribution in [1.82, 2.24) is 0 Å². The van der Waals surface area contributed by atoms with Gasteiger partial charge in [0.2, 0.25) is 0 Å². The molecule has 0 aromatic heterocycles. The molecular formula is C10H8BrNO2. The van der Waals surface area contributed by atoms with Crippen molar-refractivity contribution in [3.8, 4) is 11.8 Å². The lowest BCUT2D eigenvalue weighted by Crippen LogP contribution is -1.99. The molecule has 0 saturated carbocycles. The third kappa shape index (κ3) is 2.51. The van der Waals surface area contributed by atoms with Gasteiger partial charge in [0.05, 0.1) is 10.9 Å². The number of carboxylic acid groups (broad SMARTS) is 1. The van der Waals surface area contributed by atoms with Gasteiger partial charge < -0.3 is 10.8 Å². The van der Waals surface area contributed by atoms with Crippen LogP contribution in [0.4, 0.5) is 5.69 Å². The Morgan fingerprint density at radius 2 is 2.29 bits per heavy atom. The van der Waals surface area contributed by atoms with Gasteiger partial charge in [0.25, 0.3) is 0 Å². The number of alkyl halides is 1. The summed E-state index contributed by atoms with van der Waals surface area (Å²) in [5, 5.41) is 9.24. The van der Waals surface area contributed by atoms with Crippen molar-refractivity contribution in [2.45, 2.75) is 0 Å². The van der Waals surface area contributed by atoms with Crippen molar-refractivity contribution >= 4 is 27.6 Å². The zero-order valence-electron chi connectivity index (χ0n) is 7.25. The van der Waals surface area contributed by atoms with Crippen LogP contribution in [-0.2, 0) is 0 Å². The number of carboxylic acids is 1. The van der Waals surface area contributed by atoms with Crippen molar-refractivity contribution in [2.24, 2.45) is 0 Å². The quantitative estimate of drug-likeness (QED) is 0.455. The van der Waals surface area contributed by atoms with Crippen LogP contribution in [-0.4, -0.2) is 16.4 Å². The summed E-state index contributed by atoms with van der Waals surface area (Å²) in [5.74, 6) is 4.62. The second-order valence-corrected chi connectivity index (χ2v) is 3.10. The number of rotatable bonds is 1. The van der Waals surface area contributed by atoms with E-state index >= 15 is 0 Å². The highest BCUT2D eigenvalue weighted by Crippen LogP contribution is 2.13. The molecule has 0 heterocycles. The molecule has 14 heavy (non-hydrogen) atoms. The van der Waals surface area contributed by atoms with Gasteiger partial charge in [-0.1, -0.05) is 27.8 Å². The van der Waals surface area contributed by atoms with Crippen molar-refractivity contribution in [2.75, 3.05) is 11.1 Å². The molecule has 1 aromatic rings. The molecule has 0 aliphatic heterocycles. The van der Waals surface area contributed by atoms with Gasteiger partial charge in [0, 0.05) is 11.3 Å². The Bertz CT molecular complexity index is 418. The molecule has 3 nitrogen and oxygen atoms in total. The van der Waals surface area contributed by atoms with E-state index in [2.05, 4.69) is 27.8 Å². The number of nitrogen functional groups attached to an aromatic ring is 1. The molecule has 0 bridgehead atoms. The van der Waals surface area contributed by atoms with Crippen LogP contribution in [0, 0.1) is 11.8 Å². The maximum Gasteiger partial charge on any atom is 0.335 e. The highest BCUT2D eigenvalue weighted by Gasteiger charge is 2.04. The van der Waals surface area contributed by atoms with Gasteiger partial charge in [-0.2, -0.15) is 0 Å². The number of benzene rings is 1. The van der Waals surface area contributed by atoms with Crippen molar-refractivity contribution < 1.29 is 9.90 Å². The highest BCUT2D eigenvalue weighted by atomic mass is 79.9. The van der Waals surface area contributed by atoms with Crippen LogP contribution in [0.2, 0.25) is 0 Å². The van der Waals surface area contributed by atoms with E-state index in [1.54, 1.807) is 6.07 Å². The van der Waals surface area contributed by atoms with Crippen LogP contribution in [0.25, 0.3) is 0 Å². The van der Waals surface area contributed by atoms with Gasteiger partial charge in [-0.3, -0.25) is 0 Å². The minimum Gasteiger partial charge on any atom is -0.478 e. The van der Waals surface area contributed by atoms with Gasteiger partial charge >= 0.3 is 5.97 Å². The fourth-order valence-electron chi connectivity index (χ4n) is 0.938. The lowest BCUT2D eigenvalue weighted by molar-refractivity contribution is 0.0697. The van der Waals surface area contributed by atoms with Gasteiger partial charge in [-0.05, 0) is 18.2 Å². The van der Waals surface area contributed by atoms with E-state index in [-0.39, 0.29) is 5.56 Å². The minimum absolute atomic E-state index is 0.173. The summed E-state index contributed by atoms with van der Waals surface area (Å²) in [6.07, 6.45) is 0. The zero-order chi connectivity index (χ0) is 10.6. The van der Waals surface area contributed by atoms with E-state index in [9.17, 15) is 4.79 Å². The highest BCUT2D eigenvalue weighted by molar-refractivity contribution is 9.09. The molecule has 1 aromatic carbocycles. The molecule has 72 valence electrons. The lowest BCUT2D eigenvalue weighted by atomic mass is 10.1. The molecule has 0 aliphatic carbocycles. The Kier molecular flexibility index (Phi) is 3.55. The van der Waals surface area contributed by atoms with E-state index in [1.165, 1.54) is 12.1 Å². The first kappa shape index (κ1) is 10.6. The molecule has 1 rings (SSSR count). The molecule has 0 aliphatic rings. The third-order valence-corrected chi connectivity index (χ3v) is 1.87. The number of carbonyl (C=O) groups is 1. The number of aromatic carboxylic acids is 1. The molecular weight excluding hydrogens is 246 g/mol. The summed E-state index contributed by atoms with van der Waals surface area (Å²) in [4.78, 5) is 10.6. The van der Waals surface area contributed by atoms with E-state index in [1.807, 2.05) is 0 Å². The van der Waals surface area contributed by atoms with Gasteiger partial charge in [-0.25, -0.2) is 4.79 Å². The minimum atomic E-state index is -0.989. The average molecular weight is 254 g/mol. The number of nitrogens with two attached hydrogens (primary N) is 1. The second kappa shape index (κ2) is 4.68. The predicted molar refractivity (Wildman–Crippen MR) is 58.5 cm³/mol. The topological polar surface area (TPSA) is 63.3 Å². The zero-order valence-corrected chi connectivity index (χ0v) is 8.84. The first-order valence-corrected chi connectivity index (χ1v) is 4.95. The van der Waals surface area contributed by atoms with Crippen LogP contribution >= 0.6 is 15.9 Å². The van der Waals surface area contributed by atoms with Crippen LogP contribution in [0.1, 0.15) is 15.9 Å². The molecule has 0 radical (unpaired) electrons. The smallest absolute Gasteiger partial charge is 0.335 e. The second-order valence-electron chi connectivity index (χ2n) is 2.54. The predicted octanol–water partition coefficient (Wildman–Crippen LogP) is 1.71. The normalized spacial score (nSPS) is 8.93. The van der Waals surface area contributed by atoms with E-state index in [0.29, 0.717) is 16.6 Å². The van der Waals surface area contributed by atoms with Crippen molar-refractivity contribution in [3.05, 3.63) is 29.3 Å². The van der Waals surface area contributed by atoms with E-state index in [4.69, 9.17) is 10.8 Å². The van der Waals surface area contributed by atoms with Crippen LogP contribution in [0.15, 0.2) is 18.2 Å². The molecule has 0 saturated heterocycles. The summed E-state index contributed by atoms with van der Waals surface area (Å²) in [5.41, 5.74) is 6.83. The fraction of sp³-hybridized carbons (Fsp3) is 0.100. The van der Waals surface area contributed by atoms with Gasteiger partial charge in [-0.15, -0.1) is 0 Å². The van der Waals surface area contributed by atoms with Crippen LogP contribution in [0.3, 0.4) is 0 Å². The molecule has 4 heteroatoms. The van der Waals surface area contributed by atoms with Gasteiger partial charge in [0.15, 0.2) is 0 Å². The number of halogens is 1. The maximum atomic E-state index is 10.6. The lowest BCUT2D eigenvalue weighted by Gasteiger charge is -1.99. The number of hydrogen-bond acceptors (Lipinski definition) is 2. The monoisotopic (exact) mass is 253 g/mol. The Morgan fingerprint density at radius 1 is 1.57 bits per heavy atom. The summed E-state index contributed by atoms with van der Waals surface area (Å²) in [7, 11) is 0. The summed E-state index contributed by atoms with van der Waals surface area (Å²) >= 11 is 3.16. The summed E-state index contributed by atoms with van der Waals surface area (Å²) < 4.78 is 0. The molecule has 0 unspecified atom stereocenters. The van der Waals surface area contributed by atoms with Gasteiger partial charge in [0.1, 0.15) is 0 Å². The molecule has 0 atom stereocenters. The SMILES string of the molecule is Nc1cc(C(=O)O)ccc1C#CCBr. The molecule has 0 fully saturated rings. The Labute approximate surface area is 90.1 Å². The summed E-state index contributed by atoms with van der Waals surface area (Å²) in [6.45, 7) is 0. The van der Waals surface area contributed by atoms with Crippen molar-refractivity contribution in [1.29, 1.82) is 0 Å². The molecule has 0 amide bonds.